The summed E-state index contributed by atoms with van der Waals surface area (Å²) in [6.07, 6.45) is 1.18. The highest BCUT2D eigenvalue weighted by Gasteiger charge is 2.07. The maximum Gasteiger partial charge on any atom is 0.224 e. The fourth-order valence-electron chi connectivity index (χ4n) is 1.54. The Morgan fingerprint density at radius 2 is 1.94 bits per heavy atom. The van der Waals surface area contributed by atoms with Crippen molar-refractivity contribution < 1.29 is 4.79 Å². The van der Waals surface area contributed by atoms with Crippen molar-refractivity contribution in [1.29, 1.82) is 0 Å². The van der Waals surface area contributed by atoms with Crippen molar-refractivity contribution in [3.8, 4) is 0 Å². The van der Waals surface area contributed by atoms with Gasteiger partial charge in [-0.05, 0) is 43.5 Å². The SMILES string of the molecule is Cc1cc(Br)cc(C)c1NC(=O)CCCCl. The van der Waals surface area contributed by atoms with E-state index in [2.05, 4.69) is 21.2 Å². The van der Waals surface area contributed by atoms with E-state index in [0.717, 1.165) is 21.3 Å². The first kappa shape index (κ1) is 13.5. The number of aryl methyl sites for hydroxylation is 2. The second-order valence-electron chi connectivity index (χ2n) is 3.76. The number of halogens is 2. The Labute approximate surface area is 110 Å². The highest BCUT2D eigenvalue weighted by Crippen LogP contribution is 2.25. The Kier molecular flexibility index (Phi) is 5.29. The Morgan fingerprint density at radius 1 is 1.38 bits per heavy atom. The highest BCUT2D eigenvalue weighted by molar-refractivity contribution is 9.10. The van der Waals surface area contributed by atoms with Crippen molar-refractivity contribution in [1.82, 2.24) is 0 Å². The van der Waals surface area contributed by atoms with E-state index in [1.54, 1.807) is 0 Å². The van der Waals surface area contributed by atoms with E-state index < -0.39 is 0 Å². The van der Waals surface area contributed by atoms with Gasteiger partial charge in [0.05, 0.1) is 0 Å². The van der Waals surface area contributed by atoms with Crippen molar-refractivity contribution in [3.63, 3.8) is 0 Å². The van der Waals surface area contributed by atoms with E-state index in [-0.39, 0.29) is 5.91 Å². The van der Waals surface area contributed by atoms with Gasteiger partial charge in [-0.2, -0.15) is 0 Å². The van der Waals surface area contributed by atoms with Crippen LogP contribution in [0.25, 0.3) is 0 Å². The number of carbonyl (C=O) groups excluding carboxylic acids is 1. The molecule has 0 aromatic heterocycles. The zero-order valence-corrected chi connectivity index (χ0v) is 11.8. The third-order valence-electron chi connectivity index (χ3n) is 2.30. The number of alkyl halides is 1. The van der Waals surface area contributed by atoms with Gasteiger partial charge in [0, 0.05) is 22.5 Å². The quantitative estimate of drug-likeness (QED) is 0.836. The fourth-order valence-corrected chi connectivity index (χ4v) is 2.36. The molecule has 1 rings (SSSR count). The summed E-state index contributed by atoms with van der Waals surface area (Å²) >= 11 is 8.97. The molecule has 1 aromatic rings. The van der Waals surface area contributed by atoms with E-state index in [4.69, 9.17) is 11.6 Å². The molecule has 1 amide bonds. The lowest BCUT2D eigenvalue weighted by Gasteiger charge is -2.12. The summed E-state index contributed by atoms with van der Waals surface area (Å²) < 4.78 is 1.03. The molecule has 0 heterocycles. The van der Waals surface area contributed by atoms with Crippen LogP contribution in [0, 0.1) is 13.8 Å². The Bertz CT molecular complexity index is 370. The van der Waals surface area contributed by atoms with Crippen LogP contribution in [0.4, 0.5) is 5.69 Å². The minimum atomic E-state index is 0.0224. The lowest BCUT2D eigenvalue weighted by atomic mass is 10.1. The molecular formula is C12H15BrClNO. The number of hydrogen-bond acceptors (Lipinski definition) is 1. The summed E-state index contributed by atoms with van der Waals surface area (Å²) in [7, 11) is 0. The first-order valence-corrected chi connectivity index (χ1v) is 6.50. The minimum absolute atomic E-state index is 0.0224. The van der Waals surface area contributed by atoms with Crippen LogP contribution in [0.3, 0.4) is 0 Å². The van der Waals surface area contributed by atoms with Crippen LogP contribution in [0.5, 0.6) is 0 Å². The normalized spacial score (nSPS) is 10.2. The molecule has 88 valence electrons. The van der Waals surface area contributed by atoms with Crippen LogP contribution >= 0.6 is 27.5 Å². The maximum absolute atomic E-state index is 11.6. The monoisotopic (exact) mass is 303 g/mol. The molecule has 4 heteroatoms. The van der Waals surface area contributed by atoms with E-state index in [1.807, 2.05) is 26.0 Å². The lowest BCUT2D eigenvalue weighted by Crippen LogP contribution is -2.13. The molecule has 16 heavy (non-hydrogen) atoms. The molecule has 0 aliphatic rings. The first-order chi connectivity index (χ1) is 7.54. The predicted octanol–water partition coefficient (Wildman–Crippen LogP) is 4.02. The molecule has 0 fully saturated rings. The molecule has 1 aromatic carbocycles. The molecule has 0 radical (unpaired) electrons. The Morgan fingerprint density at radius 3 is 2.44 bits per heavy atom. The van der Waals surface area contributed by atoms with Gasteiger partial charge in [0.25, 0.3) is 0 Å². The van der Waals surface area contributed by atoms with Gasteiger partial charge < -0.3 is 5.32 Å². The van der Waals surface area contributed by atoms with Crippen molar-refractivity contribution in [2.45, 2.75) is 26.7 Å². The molecular weight excluding hydrogens is 289 g/mol. The molecule has 0 saturated carbocycles. The standard InChI is InChI=1S/C12H15BrClNO/c1-8-6-10(13)7-9(2)12(8)15-11(16)4-3-5-14/h6-7H,3-5H2,1-2H3,(H,15,16). The van der Waals surface area contributed by atoms with Crippen molar-refractivity contribution in [2.24, 2.45) is 0 Å². The highest BCUT2D eigenvalue weighted by atomic mass is 79.9. The van der Waals surface area contributed by atoms with E-state index in [9.17, 15) is 4.79 Å². The molecule has 0 spiro atoms. The summed E-state index contributed by atoms with van der Waals surface area (Å²) in [5.41, 5.74) is 3.03. The molecule has 0 bridgehead atoms. The molecule has 0 aliphatic carbocycles. The van der Waals surface area contributed by atoms with Gasteiger partial charge in [0.2, 0.25) is 5.91 Å². The van der Waals surface area contributed by atoms with Gasteiger partial charge in [-0.25, -0.2) is 0 Å². The second kappa shape index (κ2) is 6.26. The number of nitrogens with one attached hydrogen (secondary N) is 1. The van der Waals surface area contributed by atoms with E-state index in [0.29, 0.717) is 18.7 Å². The summed E-state index contributed by atoms with van der Waals surface area (Å²) in [4.78, 5) is 11.6. The zero-order chi connectivity index (χ0) is 12.1. The van der Waals surface area contributed by atoms with E-state index in [1.165, 1.54) is 0 Å². The van der Waals surface area contributed by atoms with Gasteiger partial charge >= 0.3 is 0 Å². The molecule has 0 saturated heterocycles. The molecule has 0 aliphatic heterocycles. The molecule has 2 nitrogen and oxygen atoms in total. The average molecular weight is 305 g/mol. The van der Waals surface area contributed by atoms with Gasteiger partial charge in [-0.1, -0.05) is 15.9 Å². The predicted molar refractivity (Wildman–Crippen MR) is 72.2 cm³/mol. The number of amides is 1. The smallest absolute Gasteiger partial charge is 0.224 e. The van der Waals surface area contributed by atoms with Crippen LogP contribution in [0.2, 0.25) is 0 Å². The maximum atomic E-state index is 11.6. The first-order valence-electron chi connectivity index (χ1n) is 5.17. The largest absolute Gasteiger partial charge is 0.326 e. The molecule has 1 N–H and O–H groups in total. The van der Waals surface area contributed by atoms with E-state index >= 15 is 0 Å². The summed E-state index contributed by atoms with van der Waals surface area (Å²) in [6, 6.07) is 3.98. The topological polar surface area (TPSA) is 29.1 Å². The van der Waals surface area contributed by atoms with Crippen LogP contribution in [0.15, 0.2) is 16.6 Å². The van der Waals surface area contributed by atoms with Crippen LogP contribution < -0.4 is 5.32 Å². The van der Waals surface area contributed by atoms with Gasteiger partial charge in [-0.3, -0.25) is 4.79 Å². The fraction of sp³-hybridized carbons (Fsp3) is 0.417. The second-order valence-corrected chi connectivity index (χ2v) is 5.05. The number of hydrogen-bond donors (Lipinski definition) is 1. The van der Waals surface area contributed by atoms with Crippen LogP contribution in [-0.2, 0) is 4.79 Å². The van der Waals surface area contributed by atoms with Crippen molar-refractivity contribution >= 4 is 39.1 Å². The van der Waals surface area contributed by atoms with Crippen LogP contribution in [-0.4, -0.2) is 11.8 Å². The number of anilines is 1. The summed E-state index contributed by atoms with van der Waals surface area (Å²) in [5, 5.41) is 2.92. The zero-order valence-electron chi connectivity index (χ0n) is 9.44. The van der Waals surface area contributed by atoms with Gasteiger partial charge in [0.1, 0.15) is 0 Å². The molecule has 0 atom stereocenters. The van der Waals surface area contributed by atoms with Gasteiger partial charge in [-0.15, -0.1) is 11.6 Å². The number of rotatable bonds is 4. The third kappa shape index (κ3) is 3.80. The van der Waals surface area contributed by atoms with Crippen LogP contribution in [0.1, 0.15) is 24.0 Å². The minimum Gasteiger partial charge on any atom is -0.326 e. The lowest BCUT2D eigenvalue weighted by molar-refractivity contribution is -0.116. The third-order valence-corrected chi connectivity index (χ3v) is 3.02. The number of carbonyl (C=O) groups is 1. The number of benzene rings is 1. The Hall–Kier alpha value is -0.540. The average Bonchev–Trinajstić information content (AvgIpc) is 2.20. The van der Waals surface area contributed by atoms with Gasteiger partial charge in [0.15, 0.2) is 0 Å². The summed E-state index contributed by atoms with van der Waals surface area (Å²) in [5.74, 6) is 0.542. The van der Waals surface area contributed by atoms with Crippen molar-refractivity contribution in [2.75, 3.05) is 11.2 Å². The van der Waals surface area contributed by atoms with Crippen molar-refractivity contribution in [3.05, 3.63) is 27.7 Å². The Balaban J connectivity index is 2.77. The molecule has 0 unspecified atom stereocenters. The summed E-state index contributed by atoms with van der Waals surface area (Å²) in [6.45, 7) is 3.96.